The maximum Gasteiger partial charge on any atom is 0.198 e. The summed E-state index contributed by atoms with van der Waals surface area (Å²) in [7, 11) is 0. The molecule has 0 aliphatic heterocycles. The summed E-state index contributed by atoms with van der Waals surface area (Å²) >= 11 is 4.49. The van der Waals surface area contributed by atoms with Gasteiger partial charge in [0.15, 0.2) is 10.3 Å². The molecule has 0 amide bonds. The maximum atomic E-state index is 5.55. The van der Waals surface area contributed by atoms with Crippen molar-refractivity contribution in [3.05, 3.63) is 17.0 Å². The molecule has 8 heteroatoms. The number of aromatic nitrogens is 5. The second-order valence-corrected chi connectivity index (χ2v) is 4.06. The van der Waals surface area contributed by atoms with Crippen LogP contribution in [0.4, 0.5) is 5.82 Å². The molecule has 0 spiro atoms. The lowest BCUT2D eigenvalue weighted by atomic mass is 10.6. The zero-order valence-electron chi connectivity index (χ0n) is 6.81. The smallest absolute Gasteiger partial charge is 0.198 e. The van der Waals surface area contributed by atoms with Crippen molar-refractivity contribution in [3.63, 3.8) is 0 Å². The van der Waals surface area contributed by atoms with Crippen molar-refractivity contribution in [1.29, 1.82) is 0 Å². The number of hydrogen-bond donors (Lipinski definition) is 2. The van der Waals surface area contributed by atoms with Gasteiger partial charge in [0, 0.05) is 6.07 Å². The van der Waals surface area contributed by atoms with E-state index in [2.05, 4.69) is 41.1 Å². The van der Waals surface area contributed by atoms with Gasteiger partial charge in [0.25, 0.3) is 0 Å². The molecule has 2 aromatic rings. The summed E-state index contributed by atoms with van der Waals surface area (Å²) in [5.74, 6) is 0.411. The van der Waals surface area contributed by atoms with Crippen LogP contribution in [0.15, 0.2) is 27.3 Å². The van der Waals surface area contributed by atoms with E-state index in [4.69, 9.17) is 5.73 Å². The number of aromatic amines is 1. The van der Waals surface area contributed by atoms with Gasteiger partial charge in [-0.2, -0.15) is 5.10 Å². The first-order valence-corrected chi connectivity index (χ1v) is 5.18. The first-order valence-electron chi connectivity index (χ1n) is 3.57. The Morgan fingerprint density at radius 1 is 1.43 bits per heavy atom. The average Bonchev–Trinajstić information content (AvgIpc) is 2.54. The molecule has 0 aliphatic rings. The first-order chi connectivity index (χ1) is 6.74. The predicted molar refractivity (Wildman–Crippen MR) is 54.7 cm³/mol. The maximum absolute atomic E-state index is 5.55. The Morgan fingerprint density at radius 3 is 2.93 bits per heavy atom. The van der Waals surface area contributed by atoms with E-state index in [9.17, 15) is 0 Å². The van der Waals surface area contributed by atoms with Crippen LogP contribution in [0.2, 0.25) is 0 Å². The van der Waals surface area contributed by atoms with Crippen molar-refractivity contribution < 1.29 is 0 Å². The molecule has 14 heavy (non-hydrogen) atoms. The van der Waals surface area contributed by atoms with E-state index in [-0.39, 0.29) is 0 Å². The number of hydrogen-bond acceptors (Lipinski definition) is 6. The number of nitrogen functional groups attached to an aromatic ring is 1. The lowest BCUT2D eigenvalue weighted by molar-refractivity contribution is 0.927. The molecule has 0 bridgehead atoms. The molecular weight excluding hydrogens is 268 g/mol. The summed E-state index contributed by atoms with van der Waals surface area (Å²) in [5.41, 5.74) is 5.55. The van der Waals surface area contributed by atoms with Crippen molar-refractivity contribution in [2.45, 2.75) is 10.3 Å². The normalized spacial score (nSPS) is 10.4. The minimum atomic E-state index is 0.411. The Labute approximate surface area is 91.9 Å². The lowest BCUT2D eigenvalue weighted by Gasteiger charge is -1.98. The van der Waals surface area contributed by atoms with Crippen LogP contribution < -0.4 is 5.73 Å². The molecule has 0 saturated carbocycles. The first kappa shape index (κ1) is 9.41. The van der Waals surface area contributed by atoms with E-state index in [0.29, 0.717) is 20.7 Å². The van der Waals surface area contributed by atoms with Crippen LogP contribution in [-0.2, 0) is 0 Å². The average molecular weight is 273 g/mol. The summed E-state index contributed by atoms with van der Waals surface area (Å²) in [4.78, 5) is 12.1. The SMILES string of the molecule is Nc1cc(Br)nc(Sc2ncn[nH]2)n1. The Morgan fingerprint density at radius 2 is 2.29 bits per heavy atom. The number of halogens is 1. The van der Waals surface area contributed by atoms with Crippen LogP contribution in [0, 0.1) is 0 Å². The Hall–Kier alpha value is -1.15. The van der Waals surface area contributed by atoms with E-state index in [1.165, 1.54) is 18.1 Å². The fourth-order valence-electron chi connectivity index (χ4n) is 0.789. The highest BCUT2D eigenvalue weighted by Crippen LogP contribution is 2.22. The van der Waals surface area contributed by atoms with Gasteiger partial charge in [0.1, 0.15) is 16.7 Å². The highest BCUT2D eigenvalue weighted by atomic mass is 79.9. The molecule has 0 fully saturated rings. The predicted octanol–water partition coefficient (Wildman–Crippen LogP) is 1.09. The van der Waals surface area contributed by atoms with Gasteiger partial charge in [-0.05, 0) is 27.7 Å². The summed E-state index contributed by atoms with van der Waals surface area (Å²) < 4.78 is 0.645. The molecule has 0 saturated heterocycles. The molecule has 0 atom stereocenters. The largest absolute Gasteiger partial charge is 0.384 e. The van der Waals surface area contributed by atoms with Gasteiger partial charge in [-0.1, -0.05) is 0 Å². The van der Waals surface area contributed by atoms with Crippen LogP contribution in [0.5, 0.6) is 0 Å². The van der Waals surface area contributed by atoms with Crippen LogP contribution in [0.1, 0.15) is 0 Å². The van der Waals surface area contributed by atoms with Crippen molar-refractivity contribution in [1.82, 2.24) is 25.1 Å². The van der Waals surface area contributed by atoms with Crippen LogP contribution in [0.3, 0.4) is 0 Å². The van der Waals surface area contributed by atoms with Gasteiger partial charge in [-0.3, -0.25) is 5.10 Å². The standard InChI is InChI=1S/C6H5BrN6S/c7-3-1-4(8)12-6(11-3)14-5-9-2-10-13-5/h1-2H,(H2,8,11,12)(H,9,10,13). The van der Waals surface area contributed by atoms with E-state index in [0.717, 1.165) is 0 Å². The Kier molecular flexibility index (Phi) is 2.64. The third kappa shape index (κ3) is 2.20. The lowest BCUT2D eigenvalue weighted by Crippen LogP contribution is -1.94. The zero-order chi connectivity index (χ0) is 9.97. The third-order valence-corrected chi connectivity index (χ3v) is 2.44. The number of nitrogens with zero attached hydrogens (tertiary/aromatic N) is 4. The highest BCUT2D eigenvalue weighted by Gasteiger charge is 2.04. The fourth-order valence-corrected chi connectivity index (χ4v) is 1.97. The van der Waals surface area contributed by atoms with E-state index >= 15 is 0 Å². The Balaban J connectivity index is 2.25. The number of anilines is 1. The van der Waals surface area contributed by atoms with E-state index < -0.39 is 0 Å². The molecule has 0 aliphatic carbocycles. The van der Waals surface area contributed by atoms with Crippen LogP contribution >= 0.6 is 27.7 Å². The van der Waals surface area contributed by atoms with Crippen molar-refractivity contribution in [2.75, 3.05) is 5.73 Å². The fraction of sp³-hybridized carbons (Fsp3) is 0. The van der Waals surface area contributed by atoms with Crippen molar-refractivity contribution >= 4 is 33.5 Å². The molecule has 3 N–H and O–H groups in total. The van der Waals surface area contributed by atoms with Crippen molar-refractivity contribution in [3.8, 4) is 0 Å². The Bertz CT molecular complexity index is 410. The minimum Gasteiger partial charge on any atom is -0.384 e. The van der Waals surface area contributed by atoms with Gasteiger partial charge >= 0.3 is 0 Å². The molecule has 0 radical (unpaired) electrons. The molecule has 2 rings (SSSR count). The number of nitrogens with two attached hydrogens (primary N) is 1. The molecule has 6 nitrogen and oxygen atoms in total. The second-order valence-electron chi connectivity index (χ2n) is 2.29. The minimum absolute atomic E-state index is 0.411. The molecule has 72 valence electrons. The van der Waals surface area contributed by atoms with E-state index in [1.807, 2.05) is 0 Å². The molecule has 2 heterocycles. The molecule has 0 unspecified atom stereocenters. The number of H-pyrrole nitrogens is 1. The van der Waals surface area contributed by atoms with Gasteiger partial charge in [0.2, 0.25) is 0 Å². The third-order valence-electron chi connectivity index (χ3n) is 1.28. The number of rotatable bonds is 2. The molecule has 2 aromatic heterocycles. The monoisotopic (exact) mass is 272 g/mol. The van der Waals surface area contributed by atoms with Gasteiger partial charge < -0.3 is 5.73 Å². The van der Waals surface area contributed by atoms with Gasteiger partial charge in [-0.15, -0.1) is 0 Å². The number of nitrogens with one attached hydrogen (secondary N) is 1. The topological polar surface area (TPSA) is 93.4 Å². The second kappa shape index (κ2) is 3.93. The van der Waals surface area contributed by atoms with E-state index in [1.54, 1.807) is 6.07 Å². The molecule has 0 aromatic carbocycles. The van der Waals surface area contributed by atoms with Gasteiger partial charge in [-0.25, -0.2) is 15.0 Å². The molecular formula is C6H5BrN6S. The zero-order valence-corrected chi connectivity index (χ0v) is 9.21. The van der Waals surface area contributed by atoms with Gasteiger partial charge in [0.05, 0.1) is 0 Å². The quantitative estimate of drug-likeness (QED) is 0.628. The summed E-state index contributed by atoms with van der Waals surface area (Å²) in [6.07, 6.45) is 1.42. The van der Waals surface area contributed by atoms with Crippen LogP contribution in [0.25, 0.3) is 0 Å². The summed E-state index contributed by atoms with van der Waals surface area (Å²) in [6, 6.07) is 1.63. The summed E-state index contributed by atoms with van der Waals surface area (Å²) in [5, 5.41) is 7.55. The highest BCUT2D eigenvalue weighted by molar-refractivity contribution is 9.10. The van der Waals surface area contributed by atoms with Crippen LogP contribution in [-0.4, -0.2) is 25.1 Å². The summed E-state index contributed by atoms with van der Waals surface area (Å²) in [6.45, 7) is 0. The van der Waals surface area contributed by atoms with Crippen molar-refractivity contribution in [2.24, 2.45) is 0 Å².